The number of pyridine rings is 3. The average molecular weight is 591 g/mol. The molecule has 0 atom stereocenters. The van der Waals surface area contributed by atoms with E-state index in [2.05, 4.69) is 91.8 Å². The standard InChI is InChI=1S/C22H17N3.C15H13N3S/c1-2-9-18(10-3-1)21-14-8-15-22-24-20(17-25(21)22)13-5-4-11-19-12-6-7-16-23-19;1-12-16-14(11-19-12)7-3-2-6-13-10-18-9-5-4-8-15(18)17-13/h1-3,6-10,12,14-17H,5,13H2;4-5,8-11H,2,6H2,1H3. The van der Waals surface area contributed by atoms with Crippen LogP contribution >= 0.6 is 11.3 Å². The summed E-state index contributed by atoms with van der Waals surface area (Å²) >= 11 is 1.63. The maximum atomic E-state index is 4.72. The minimum absolute atomic E-state index is 0.765. The zero-order chi connectivity index (χ0) is 30.0. The third-order valence-electron chi connectivity index (χ3n) is 6.75. The second-order valence-corrected chi connectivity index (χ2v) is 11.1. The zero-order valence-corrected chi connectivity index (χ0v) is 25.2. The molecule has 0 aliphatic carbocycles. The quantitative estimate of drug-likeness (QED) is 0.195. The largest absolute Gasteiger partial charge is 0.307 e. The van der Waals surface area contributed by atoms with Crippen LogP contribution in [0.1, 0.15) is 40.6 Å². The highest BCUT2D eigenvalue weighted by atomic mass is 32.1. The van der Waals surface area contributed by atoms with Crippen molar-refractivity contribution in [1.29, 1.82) is 0 Å². The molecule has 6 aromatic heterocycles. The van der Waals surface area contributed by atoms with Gasteiger partial charge in [0.05, 0.1) is 22.1 Å². The van der Waals surface area contributed by atoms with Crippen LogP contribution in [0.4, 0.5) is 0 Å². The van der Waals surface area contributed by atoms with E-state index >= 15 is 0 Å². The molecule has 0 fully saturated rings. The average Bonchev–Trinajstić information content (AvgIpc) is 3.80. The smallest absolute Gasteiger partial charge is 0.137 e. The number of aryl methyl sites for hydroxylation is 3. The van der Waals surface area contributed by atoms with Crippen LogP contribution in [0.3, 0.4) is 0 Å². The summed E-state index contributed by atoms with van der Waals surface area (Å²) in [6.45, 7) is 1.99. The van der Waals surface area contributed by atoms with E-state index in [4.69, 9.17) is 4.98 Å². The maximum absolute atomic E-state index is 4.72. The zero-order valence-electron chi connectivity index (χ0n) is 24.4. The third-order valence-corrected chi connectivity index (χ3v) is 7.53. The van der Waals surface area contributed by atoms with Crippen molar-refractivity contribution < 1.29 is 0 Å². The fourth-order valence-corrected chi connectivity index (χ4v) is 5.22. The summed E-state index contributed by atoms with van der Waals surface area (Å²) in [6.07, 6.45) is 11.2. The fourth-order valence-electron chi connectivity index (χ4n) is 4.68. The Bertz CT molecular complexity index is 2070. The summed E-state index contributed by atoms with van der Waals surface area (Å²) in [5.41, 5.74) is 8.10. The molecule has 7 rings (SSSR count). The Balaban J connectivity index is 0.000000162. The van der Waals surface area contributed by atoms with Crippen LogP contribution in [0.2, 0.25) is 0 Å². The van der Waals surface area contributed by atoms with E-state index in [0.717, 1.165) is 70.5 Å². The molecule has 0 saturated carbocycles. The van der Waals surface area contributed by atoms with Crippen LogP contribution in [-0.4, -0.2) is 28.7 Å². The Morgan fingerprint density at radius 3 is 2.16 bits per heavy atom. The Hall–Kier alpha value is -5.50. The summed E-state index contributed by atoms with van der Waals surface area (Å²) in [4.78, 5) is 17.8. The highest BCUT2D eigenvalue weighted by Gasteiger charge is 2.06. The monoisotopic (exact) mass is 590 g/mol. The van der Waals surface area contributed by atoms with Gasteiger partial charge in [-0.05, 0) is 60.7 Å². The van der Waals surface area contributed by atoms with Gasteiger partial charge in [0.15, 0.2) is 0 Å². The Morgan fingerprint density at radius 1 is 0.682 bits per heavy atom. The number of nitrogens with zero attached hydrogens (tertiary/aromatic N) is 6. The first-order valence-corrected chi connectivity index (χ1v) is 15.4. The van der Waals surface area contributed by atoms with Gasteiger partial charge in [-0.3, -0.25) is 4.40 Å². The summed E-state index contributed by atoms with van der Waals surface area (Å²) in [5.74, 6) is 12.5. The van der Waals surface area contributed by atoms with Crippen molar-refractivity contribution in [1.82, 2.24) is 28.7 Å². The Kier molecular flexibility index (Phi) is 9.18. The lowest BCUT2D eigenvalue weighted by atomic mass is 10.1. The topological polar surface area (TPSA) is 60.4 Å². The van der Waals surface area contributed by atoms with Crippen LogP contribution in [0.5, 0.6) is 0 Å². The summed E-state index contributed by atoms with van der Waals surface area (Å²) in [5, 5.41) is 3.05. The van der Waals surface area contributed by atoms with E-state index in [9.17, 15) is 0 Å². The van der Waals surface area contributed by atoms with E-state index in [1.807, 2.05) is 71.4 Å². The van der Waals surface area contributed by atoms with Crippen molar-refractivity contribution >= 4 is 22.6 Å². The predicted molar refractivity (Wildman–Crippen MR) is 177 cm³/mol. The van der Waals surface area contributed by atoms with Crippen molar-refractivity contribution in [2.45, 2.75) is 32.6 Å². The van der Waals surface area contributed by atoms with Crippen LogP contribution in [0.25, 0.3) is 22.6 Å². The second-order valence-electron chi connectivity index (χ2n) is 10.0. The molecule has 6 heterocycles. The molecule has 1 aromatic carbocycles. The van der Waals surface area contributed by atoms with Gasteiger partial charge in [0, 0.05) is 55.9 Å². The van der Waals surface area contributed by atoms with Gasteiger partial charge in [-0.25, -0.2) is 19.9 Å². The molecule has 0 N–H and O–H groups in total. The molecule has 0 unspecified atom stereocenters. The summed E-state index contributed by atoms with van der Waals surface area (Å²) < 4.78 is 4.18. The molecule has 0 bridgehead atoms. The van der Waals surface area contributed by atoms with Crippen molar-refractivity contribution in [2.24, 2.45) is 0 Å². The molecule has 7 aromatic rings. The number of imidazole rings is 2. The SMILES string of the molecule is C(#Cc1ccccn1)CCc1cn2c(-c3ccccc3)cccc2n1.Cc1nc(C#CCCc2cn3ccccc3n2)cs1. The second kappa shape index (κ2) is 14.1. The van der Waals surface area contributed by atoms with E-state index in [-0.39, 0.29) is 0 Å². The summed E-state index contributed by atoms with van der Waals surface area (Å²) in [7, 11) is 0. The van der Waals surface area contributed by atoms with E-state index in [1.54, 1.807) is 17.5 Å². The van der Waals surface area contributed by atoms with Crippen molar-refractivity contribution in [2.75, 3.05) is 0 Å². The normalized spacial score (nSPS) is 10.4. The van der Waals surface area contributed by atoms with Gasteiger partial charge in [-0.2, -0.15) is 0 Å². The number of thiazole rings is 1. The number of benzene rings is 1. The van der Waals surface area contributed by atoms with Crippen molar-refractivity contribution in [3.05, 3.63) is 143 Å². The molecule has 44 heavy (non-hydrogen) atoms. The number of fused-ring (bicyclic) bond motifs is 2. The lowest BCUT2D eigenvalue weighted by Crippen LogP contribution is -1.89. The molecule has 214 valence electrons. The van der Waals surface area contributed by atoms with Gasteiger partial charge in [-0.15, -0.1) is 11.3 Å². The first-order valence-electron chi connectivity index (χ1n) is 14.5. The molecular weight excluding hydrogens is 561 g/mol. The van der Waals surface area contributed by atoms with Crippen LogP contribution in [0.15, 0.2) is 115 Å². The number of hydrogen-bond donors (Lipinski definition) is 0. The van der Waals surface area contributed by atoms with E-state index in [0.29, 0.717) is 0 Å². The van der Waals surface area contributed by atoms with Gasteiger partial charge >= 0.3 is 0 Å². The highest BCUT2D eigenvalue weighted by molar-refractivity contribution is 7.09. The Morgan fingerprint density at radius 2 is 1.41 bits per heavy atom. The van der Waals surface area contributed by atoms with Gasteiger partial charge in [-0.1, -0.05) is 60.4 Å². The highest BCUT2D eigenvalue weighted by Crippen LogP contribution is 2.21. The maximum Gasteiger partial charge on any atom is 0.137 e. The molecule has 7 heteroatoms. The number of aromatic nitrogens is 6. The molecule has 0 radical (unpaired) electrons. The molecule has 0 spiro atoms. The predicted octanol–water partition coefficient (Wildman–Crippen LogP) is 7.46. The molecule has 0 amide bonds. The number of hydrogen-bond acceptors (Lipinski definition) is 5. The van der Waals surface area contributed by atoms with Crippen molar-refractivity contribution in [3.8, 4) is 34.9 Å². The lowest BCUT2D eigenvalue weighted by molar-refractivity contribution is 0.982. The first kappa shape index (κ1) is 28.6. The molecule has 6 nitrogen and oxygen atoms in total. The molecular formula is C37H30N6S. The van der Waals surface area contributed by atoms with E-state index < -0.39 is 0 Å². The molecule has 0 aliphatic heterocycles. The number of rotatable bonds is 5. The third kappa shape index (κ3) is 7.46. The summed E-state index contributed by atoms with van der Waals surface area (Å²) in [6, 6.07) is 28.4. The van der Waals surface area contributed by atoms with Gasteiger partial charge < -0.3 is 4.40 Å². The van der Waals surface area contributed by atoms with E-state index in [1.165, 1.54) is 5.56 Å². The minimum atomic E-state index is 0.765. The molecule has 0 saturated heterocycles. The minimum Gasteiger partial charge on any atom is -0.307 e. The van der Waals surface area contributed by atoms with Gasteiger partial charge in [0.1, 0.15) is 22.7 Å². The lowest BCUT2D eigenvalue weighted by Gasteiger charge is -2.04. The fraction of sp³-hybridized carbons (Fsp3) is 0.135. The van der Waals surface area contributed by atoms with Crippen LogP contribution in [0, 0.1) is 30.6 Å². The van der Waals surface area contributed by atoms with Gasteiger partial charge in [0.2, 0.25) is 0 Å². The Labute approximate surface area is 261 Å². The van der Waals surface area contributed by atoms with Crippen LogP contribution in [-0.2, 0) is 12.8 Å². The molecule has 0 aliphatic rings. The van der Waals surface area contributed by atoms with Crippen LogP contribution < -0.4 is 0 Å². The van der Waals surface area contributed by atoms with Crippen molar-refractivity contribution in [3.63, 3.8) is 0 Å². The van der Waals surface area contributed by atoms with Gasteiger partial charge in [0.25, 0.3) is 0 Å². The first-order chi connectivity index (χ1) is 21.7.